The van der Waals surface area contributed by atoms with E-state index in [1.807, 2.05) is 14.0 Å². The molecule has 1 rings (SSSR count). The van der Waals surface area contributed by atoms with Crippen LogP contribution >= 0.6 is 0 Å². The number of hydrogen-bond acceptors (Lipinski definition) is 3. The Balaban J connectivity index is 2.58. The first-order valence-electron chi connectivity index (χ1n) is 2.92. The smallest absolute Gasteiger partial charge is 0.124 e. The van der Waals surface area contributed by atoms with E-state index in [4.69, 9.17) is 9.94 Å². The highest BCUT2D eigenvalue weighted by atomic mass is 16.7. The van der Waals surface area contributed by atoms with Gasteiger partial charge in [-0.15, -0.1) is 5.06 Å². The number of allylic oxidation sites excluding steroid dienone is 1. The van der Waals surface area contributed by atoms with Gasteiger partial charge in [-0.2, -0.15) is 0 Å². The second kappa shape index (κ2) is 2.37. The molecule has 3 nitrogen and oxygen atoms in total. The third-order valence-electron chi connectivity index (χ3n) is 1.40. The second-order valence-corrected chi connectivity index (χ2v) is 2.20. The molecule has 0 radical (unpaired) electrons. The van der Waals surface area contributed by atoms with Crippen molar-refractivity contribution in [3.8, 4) is 0 Å². The lowest BCUT2D eigenvalue weighted by Crippen LogP contribution is -2.12. The maximum Gasteiger partial charge on any atom is 0.124 e. The number of aliphatic hydroxyl groups excluding tert-OH is 1. The Hall–Kier alpha value is -0.540. The van der Waals surface area contributed by atoms with Crippen molar-refractivity contribution >= 4 is 0 Å². The van der Waals surface area contributed by atoms with Crippen LogP contribution in [0.4, 0.5) is 0 Å². The van der Waals surface area contributed by atoms with Crippen molar-refractivity contribution in [2.75, 3.05) is 20.2 Å². The zero-order valence-corrected chi connectivity index (χ0v) is 5.72. The lowest BCUT2D eigenvalue weighted by Gasteiger charge is -2.06. The number of likely N-dealkylation sites (N-methyl/N-ethyl adjacent to an activating group) is 1. The van der Waals surface area contributed by atoms with Crippen LogP contribution in [0.5, 0.6) is 0 Å². The van der Waals surface area contributed by atoms with Crippen molar-refractivity contribution in [3.05, 3.63) is 11.3 Å². The number of hydroxylamine groups is 2. The lowest BCUT2D eigenvalue weighted by molar-refractivity contribution is -0.0658. The van der Waals surface area contributed by atoms with E-state index in [1.54, 1.807) is 5.06 Å². The van der Waals surface area contributed by atoms with E-state index in [0.29, 0.717) is 0 Å². The van der Waals surface area contributed by atoms with E-state index in [1.165, 1.54) is 0 Å². The highest BCUT2D eigenvalue weighted by molar-refractivity contribution is 5.11. The molecule has 0 atom stereocenters. The standard InChI is InChI=1S/C6H11NO2/c1-5-6(4-8)3-7(2)9-5/h8H,3-4H2,1-2H3. The zero-order chi connectivity index (χ0) is 6.85. The number of rotatable bonds is 1. The van der Waals surface area contributed by atoms with Gasteiger partial charge in [-0.1, -0.05) is 0 Å². The molecule has 0 saturated carbocycles. The Morgan fingerprint density at radius 1 is 1.78 bits per heavy atom. The summed E-state index contributed by atoms with van der Waals surface area (Å²) in [5.41, 5.74) is 0.970. The summed E-state index contributed by atoms with van der Waals surface area (Å²) < 4.78 is 0. The van der Waals surface area contributed by atoms with Crippen LogP contribution in [0, 0.1) is 0 Å². The van der Waals surface area contributed by atoms with Crippen molar-refractivity contribution < 1.29 is 9.94 Å². The van der Waals surface area contributed by atoms with E-state index in [9.17, 15) is 0 Å². The first-order chi connectivity index (χ1) is 4.24. The maximum absolute atomic E-state index is 8.69. The monoisotopic (exact) mass is 129 g/mol. The number of hydrogen-bond donors (Lipinski definition) is 1. The fraction of sp³-hybridized carbons (Fsp3) is 0.667. The molecule has 0 aliphatic carbocycles. The minimum atomic E-state index is 0.107. The van der Waals surface area contributed by atoms with E-state index in [-0.39, 0.29) is 6.61 Å². The molecule has 0 aromatic carbocycles. The van der Waals surface area contributed by atoms with Gasteiger partial charge in [-0.25, -0.2) is 0 Å². The Kier molecular flexibility index (Phi) is 1.73. The Morgan fingerprint density at radius 2 is 2.44 bits per heavy atom. The fourth-order valence-electron chi connectivity index (χ4n) is 0.872. The third-order valence-corrected chi connectivity index (χ3v) is 1.40. The van der Waals surface area contributed by atoms with Crippen molar-refractivity contribution in [2.24, 2.45) is 0 Å². The van der Waals surface area contributed by atoms with Crippen molar-refractivity contribution in [1.29, 1.82) is 0 Å². The molecular formula is C6H11NO2. The normalized spacial score (nSPS) is 20.8. The van der Waals surface area contributed by atoms with Gasteiger partial charge in [0.05, 0.1) is 13.2 Å². The lowest BCUT2D eigenvalue weighted by atomic mass is 10.2. The summed E-state index contributed by atoms with van der Waals surface area (Å²) in [4.78, 5) is 5.12. The van der Waals surface area contributed by atoms with Gasteiger partial charge < -0.3 is 9.94 Å². The summed E-state index contributed by atoms with van der Waals surface area (Å²) in [5.74, 6) is 0.833. The molecule has 0 fully saturated rings. The second-order valence-electron chi connectivity index (χ2n) is 2.20. The molecule has 1 heterocycles. The van der Waals surface area contributed by atoms with Crippen LogP contribution in [0.15, 0.2) is 11.3 Å². The molecule has 0 aromatic heterocycles. The molecule has 0 spiro atoms. The van der Waals surface area contributed by atoms with Gasteiger partial charge in [0.15, 0.2) is 0 Å². The maximum atomic E-state index is 8.69. The molecule has 1 aliphatic rings. The van der Waals surface area contributed by atoms with Gasteiger partial charge in [0.25, 0.3) is 0 Å². The predicted molar refractivity (Wildman–Crippen MR) is 33.5 cm³/mol. The summed E-state index contributed by atoms with van der Waals surface area (Å²) in [7, 11) is 1.84. The topological polar surface area (TPSA) is 32.7 Å². The number of nitrogens with zero attached hydrogens (tertiary/aromatic N) is 1. The number of aliphatic hydroxyl groups is 1. The minimum Gasteiger partial charge on any atom is -0.411 e. The summed E-state index contributed by atoms with van der Waals surface area (Å²) in [6.45, 7) is 2.69. The molecule has 0 bridgehead atoms. The molecular weight excluding hydrogens is 118 g/mol. The molecule has 3 heteroatoms. The van der Waals surface area contributed by atoms with Crippen LogP contribution in [-0.2, 0) is 4.84 Å². The fourth-order valence-corrected chi connectivity index (χ4v) is 0.872. The van der Waals surface area contributed by atoms with Gasteiger partial charge in [0, 0.05) is 12.6 Å². The Morgan fingerprint density at radius 3 is 2.67 bits per heavy atom. The largest absolute Gasteiger partial charge is 0.411 e. The van der Waals surface area contributed by atoms with Gasteiger partial charge >= 0.3 is 0 Å². The Bertz CT molecular complexity index is 142. The quantitative estimate of drug-likeness (QED) is 0.546. The predicted octanol–water partition coefficient (Wildman–Crippen LogP) is 0.130. The summed E-state index contributed by atoms with van der Waals surface area (Å²) in [6, 6.07) is 0. The molecule has 52 valence electrons. The average molecular weight is 129 g/mol. The molecule has 9 heavy (non-hydrogen) atoms. The summed E-state index contributed by atoms with van der Waals surface area (Å²) in [6.07, 6.45) is 0. The molecule has 0 saturated heterocycles. The first kappa shape index (κ1) is 6.58. The molecule has 1 N–H and O–H groups in total. The van der Waals surface area contributed by atoms with E-state index < -0.39 is 0 Å². The molecule has 0 unspecified atom stereocenters. The van der Waals surface area contributed by atoms with E-state index in [2.05, 4.69) is 0 Å². The minimum absolute atomic E-state index is 0.107. The Labute approximate surface area is 54.5 Å². The summed E-state index contributed by atoms with van der Waals surface area (Å²) >= 11 is 0. The van der Waals surface area contributed by atoms with Gasteiger partial charge in [-0.3, -0.25) is 0 Å². The van der Waals surface area contributed by atoms with Gasteiger partial charge in [0.1, 0.15) is 5.76 Å². The molecule has 1 aliphatic heterocycles. The van der Waals surface area contributed by atoms with Crippen LogP contribution < -0.4 is 0 Å². The van der Waals surface area contributed by atoms with Crippen molar-refractivity contribution in [3.63, 3.8) is 0 Å². The van der Waals surface area contributed by atoms with Crippen LogP contribution in [0.2, 0.25) is 0 Å². The van der Waals surface area contributed by atoms with E-state index >= 15 is 0 Å². The van der Waals surface area contributed by atoms with Crippen LogP contribution in [0.25, 0.3) is 0 Å². The summed E-state index contributed by atoms with van der Waals surface area (Å²) in [5, 5.41) is 10.4. The van der Waals surface area contributed by atoms with Gasteiger partial charge in [0.2, 0.25) is 0 Å². The first-order valence-corrected chi connectivity index (χ1v) is 2.92. The van der Waals surface area contributed by atoms with Crippen LogP contribution in [-0.4, -0.2) is 30.4 Å². The highest BCUT2D eigenvalue weighted by Gasteiger charge is 2.15. The highest BCUT2D eigenvalue weighted by Crippen LogP contribution is 2.15. The van der Waals surface area contributed by atoms with Crippen molar-refractivity contribution in [1.82, 2.24) is 5.06 Å². The molecule has 0 amide bonds. The van der Waals surface area contributed by atoms with E-state index in [0.717, 1.165) is 17.9 Å². The van der Waals surface area contributed by atoms with Crippen LogP contribution in [0.1, 0.15) is 6.92 Å². The SMILES string of the molecule is CC1=C(CO)CN(C)O1. The molecule has 0 aromatic rings. The van der Waals surface area contributed by atoms with Crippen molar-refractivity contribution in [2.45, 2.75) is 6.92 Å². The van der Waals surface area contributed by atoms with Gasteiger partial charge in [-0.05, 0) is 6.92 Å². The third kappa shape index (κ3) is 1.23. The zero-order valence-electron chi connectivity index (χ0n) is 5.72. The van der Waals surface area contributed by atoms with Crippen LogP contribution in [0.3, 0.4) is 0 Å². The average Bonchev–Trinajstić information content (AvgIpc) is 2.10.